The van der Waals surface area contributed by atoms with Gasteiger partial charge in [0.25, 0.3) is 20.2 Å². The number of azo groups is 1. The summed E-state index contributed by atoms with van der Waals surface area (Å²) < 4.78 is 92.5. The van der Waals surface area contributed by atoms with Gasteiger partial charge >= 0.3 is 5.69 Å². The molecule has 0 bridgehead atoms. The van der Waals surface area contributed by atoms with Gasteiger partial charge in [-0.1, -0.05) is 0 Å². The van der Waals surface area contributed by atoms with Crippen LogP contribution >= 0.6 is 0 Å². The first-order chi connectivity index (χ1) is 15.1. The summed E-state index contributed by atoms with van der Waals surface area (Å²) in [6.07, 6.45) is 0. The standard InChI is InChI=1S/C16H10F2N4O9S2/c17-8-4-9(18)12(22(24)25)5-11(8)20-21-15-13(33(29,30)31)2-6-1-7(32(26,27)28)3-10(19)14(6)16(15)23/h1-5,23H,19H2,(H,26,27,28)(H,29,30,31). The van der Waals surface area contributed by atoms with Crippen molar-refractivity contribution in [3.05, 3.63) is 52.1 Å². The number of nitrogen functional groups attached to an aromatic ring is 1. The van der Waals surface area contributed by atoms with E-state index in [9.17, 15) is 49.9 Å². The van der Waals surface area contributed by atoms with Crippen LogP contribution in [0.2, 0.25) is 0 Å². The summed E-state index contributed by atoms with van der Waals surface area (Å²) in [5.74, 6) is -4.00. The lowest BCUT2D eigenvalue weighted by molar-refractivity contribution is -0.387. The zero-order valence-electron chi connectivity index (χ0n) is 15.7. The van der Waals surface area contributed by atoms with Gasteiger partial charge in [0.1, 0.15) is 16.3 Å². The molecule has 17 heteroatoms. The molecule has 13 nitrogen and oxygen atoms in total. The lowest BCUT2D eigenvalue weighted by Gasteiger charge is -2.12. The van der Waals surface area contributed by atoms with Gasteiger partial charge in [-0.25, -0.2) is 4.39 Å². The molecule has 0 aliphatic heterocycles. The molecule has 0 amide bonds. The third-order valence-corrected chi connectivity index (χ3v) is 5.90. The Kier molecular flexibility index (Phi) is 5.75. The number of anilines is 1. The number of nitro benzene ring substituents is 1. The van der Waals surface area contributed by atoms with Crippen molar-refractivity contribution in [2.75, 3.05) is 5.73 Å². The highest BCUT2D eigenvalue weighted by atomic mass is 32.2. The van der Waals surface area contributed by atoms with Gasteiger partial charge in [0.15, 0.2) is 11.6 Å². The van der Waals surface area contributed by atoms with E-state index >= 15 is 0 Å². The minimum Gasteiger partial charge on any atom is -0.505 e. The molecule has 3 rings (SSSR count). The monoisotopic (exact) mass is 504 g/mol. The second-order valence-electron chi connectivity index (χ2n) is 6.34. The summed E-state index contributed by atoms with van der Waals surface area (Å²) in [6, 6.07) is 2.58. The van der Waals surface area contributed by atoms with Crippen molar-refractivity contribution in [1.29, 1.82) is 0 Å². The van der Waals surface area contributed by atoms with Crippen molar-refractivity contribution in [3.63, 3.8) is 0 Å². The summed E-state index contributed by atoms with van der Waals surface area (Å²) in [4.78, 5) is 7.74. The summed E-state index contributed by atoms with van der Waals surface area (Å²) in [6.45, 7) is 0. The fraction of sp³-hybridized carbons (Fsp3) is 0. The number of phenols is 1. The number of aromatic hydroxyl groups is 1. The van der Waals surface area contributed by atoms with Gasteiger partial charge < -0.3 is 10.8 Å². The normalized spacial score (nSPS) is 12.5. The smallest absolute Gasteiger partial charge is 0.307 e. The molecule has 0 saturated carbocycles. The lowest BCUT2D eigenvalue weighted by atomic mass is 10.1. The zero-order chi connectivity index (χ0) is 24.9. The molecule has 0 fully saturated rings. The van der Waals surface area contributed by atoms with Crippen LogP contribution in [-0.2, 0) is 20.2 Å². The van der Waals surface area contributed by atoms with Crippen LogP contribution in [0.15, 0.2) is 50.4 Å². The minimum absolute atomic E-state index is 0.130. The van der Waals surface area contributed by atoms with Gasteiger partial charge in [-0.05, 0) is 23.6 Å². The van der Waals surface area contributed by atoms with Crippen LogP contribution in [0.1, 0.15) is 0 Å². The van der Waals surface area contributed by atoms with Gasteiger partial charge in [0, 0.05) is 23.2 Å². The first-order valence-corrected chi connectivity index (χ1v) is 11.1. The van der Waals surface area contributed by atoms with Crippen molar-refractivity contribution in [2.45, 2.75) is 9.79 Å². The fourth-order valence-corrected chi connectivity index (χ4v) is 3.99. The van der Waals surface area contributed by atoms with Crippen LogP contribution in [0.5, 0.6) is 5.75 Å². The van der Waals surface area contributed by atoms with Crippen LogP contribution in [0, 0.1) is 21.7 Å². The largest absolute Gasteiger partial charge is 0.505 e. The summed E-state index contributed by atoms with van der Waals surface area (Å²) in [7, 11) is -9.98. The van der Waals surface area contributed by atoms with E-state index < -0.39 is 75.1 Å². The molecule has 174 valence electrons. The van der Waals surface area contributed by atoms with Crippen molar-refractivity contribution in [1.82, 2.24) is 0 Å². The van der Waals surface area contributed by atoms with E-state index in [1.165, 1.54) is 0 Å². The first kappa shape index (κ1) is 23.9. The van der Waals surface area contributed by atoms with Crippen molar-refractivity contribution in [2.24, 2.45) is 10.2 Å². The first-order valence-electron chi connectivity index (χ1n) is 8.20. The van der Waals surface area contributed by atoms with E-state index in [4.69, 9.17) is 5.73 Å². The average Bonchev–Trinajstić information content (AvgIpc) is 2.66. The Morgan fingerprint density at radius 3 is 2.12 bits per heavy atom. The van der Waals surface area contributed by atoms with E-state index in [2.05, 4.69) is 10.2 Å². The number of phenolic OH excluding ortho intramolecular Hbond substituents is 1. The van der Waals surface area contributed by atoms with Crippen molar-refractivity contribution >= 4 is 53.8 Å². The highest BCUT2D eigenvalue weighted by Crippen LogP contribution is 2.44. The molecule has 0 atom stereocenters. The number of nitrogens with zero attached hydrogens (tertiary/aromatic N) is 3. The van der Waals surface area contributed by atoms with Crippen LogP contribution in [-0.4, -0.2) is 36.0 Å². The summed E-state index contributed by atoms with van der Waals surface area (Å²) >= 11 is 0. The molecular formula is C16H10F2N4O9S2. The Morgan fingerprint density at radius 2 is 1.58 bits per heavy atom. The predicted octanol–water partition coefficient (Wildman–Crippen LogP) is 3.22. The Labute approximate surface area is 182 Å². The average molecular weight is 504 g/mol. The third kappa shape index (κ3) is 4.55. The number of halogens is 2. The van der Waals surface area contributed by atoms with Gasteiger partial charge in [-0.15, -0.1) is 10.2 Å². The third-order valence-electron chi connectivity index (χ3n) is 4.20. The second-order valence-corrected chi connectivity index (χ2v) is 9.16. The quantitative estimate of drug-likeness (QED) is 0.130. The van der Waals surface area contributed by atoms with Crippen LogP contribution in [0.4, 0.5) is 31.5 Å². The zero-order valence-corrected chi connectivity index (χ0v) is 17.3. The molecule has 3 aromatic carbocycles. The van der Waals surface area contributed by atoms with E-state index in [-0.39, 0.29) is 16.8 Å². The van der Waals surface area contributed by atoms with Gasteiger partial charge in [-0.3, -0.25) is 19.2 Å². The SMILES string of the molecule is Nc1cc(S(=O)(=O)O)cc2cc(S(=O)(=O)O)c(N=Nc3cc([N+](=O)[O-])c(F)cc3F)c(O)c12. The van der Waals surface area contributed by atoms with Crippen LogP contribution < -0.4 is 5.73 Å². The highest BCUT2D eigenvalue weighted by Gasteiger charge is 2.25. The van der Waals surface area contributed by atoms with Gasteiger partial charge in [-0.2, -0.15) is 21.2 Å². The Morgan fingerprint density at radius 1 is 0.939 bits per heavy atom. The molecule has 5 N–H and O–H groups in total. The maximum Gasteiger partial charge on any atom is 0.307 e. The Balaban J connectivity index is 2.33. The number of hydrogen-bond acceptors (Lipinski definition) is 10. The molecule has 0 radical (unpaired) electrons. The molecular weight excluding hydrogens is 494 g/mol. The highest BCUT2D eigenvalue weighted by molar-refractivity contribution is 7.86. The Hall–Kier alpha value is -3.80. The lowest BCUT2D eigenvalue weighted by Crippen LogP contribution is -2.02. The van der Waals surface area contributed by atoms with Gasteiger partial charge in [0.05, 0.1) is 9.82 Å². The number of fused-ring (bicyclic) bond motifs is 1. The molecule has 0 aromatic heterocycles. The number of nitro groups is 1. The predicted molar refractivity (Wildman–Crippen MR) is 107 cm³/mol. The van der Waals surface area contributed by atoms with Crippen molar-refractivity contribution < 1.29 is 44.8 Å². The Bertz CT molecular complexity index is 1590. The fourth-order valence-electron chi connectivity index (χ4n) is 2.78. The van der Waals surface area contributed by atoms with Crippen LogP contribution in [0.25, 0.3) is 10.8 Å². The molecule has 33 heavy (non-hydrogen) atoms. The molecule has 0 saturated heterocycles. The van der Waals surface area contributed by atoms with E-state index in [1.807, 2.05) is 0 Å². The van der Waals surface area contributed by atoms with E-state index in [0.717, 1.165) is 12.1 Å². The van der Waals surface area contributed by atoms with E-state index in [1.54, 1.807) is 0 Å². The molecule has 0 unspecified atom stereocenters. The molecule has 0 aliphatic carbocycles. The number of benzene rings is 3. The molecule has 0 heterocycles. The maximum absolute atomic E-state index is 14.0. The summed E-state index contributed by atoms with van der Waals surface area (Å²) in [5, 5.41) is 27.2. The molecule has 3 aromatic rings. The topological polar surface area (TPSA) is 223 Å². The molecule has 0 aliphatic rings. The molecule has 0 spiro atoms. The number of rotatable bonds is 5. The second kappa shape index (κ2) is 7.96. The summed E-state index contributed by atoms with van der Waals surface area (Å²) in [5.41, 5.74) is 2.12. The van der Waals surface area contributed by atoms with Crippen molar-refractivity contribution in [3.8, 4) is 5.75 Å². The number of nitrogens with two attached hydrogens (primary N) is 1. The number of hydrogen-bond donors (Lipinski definition) is 4. The van der Waals surface area contributed by atoms with Gasteiger partial charge in [0.2, 0.25) is 5.82 Å². The maximum atomic E-state index is 14.0. The van der Waals surface area contributed by atoms with E-state index in [0.29, 0.717) is 12.1 Å². The minimum atomic E-state index is -5.18. The van der Waals surface area contributed by atoms with Crippen LogP contribution in [0.3, 0.4) is 0 Å².